The molecule has 3 bridgehead atoms. The molecule has 8 atom stereocenters. The maximum atomic E-state index is 15.0. The zero-order chi connectivity index (χ0) is 38.0. The van der Waals surface area contributed by atoms with E-state index in [1.807, 2.05) is 13.0 Å². The van der Waals surface area contributed by atoms with E-state index in [9.17, 15) is 15.0 Å². The maximum Gasteiger partial charge on any atom is 0.188 e. The molecular weight excluding hydrogens is 711 g/mol. The average molecular weight is 766 g/mol. The molecule has 0 unspecified atom stereocenters. The average Bonchev–Trinajstić information content (AvgIpc) is 3.95. The van der Waals surface area contributed by atoms with Gasteiger partial charge in [0, 0.05) is 47.8 Å². The first-order valence-corrected chi connectivity index (χ1v) is 21.3. The Bertz CT molecular complexity index is 2010. The Morgan fingerprint density at radius 2 is 1.93 bits per heavy atom. The van der Waals surface area contributed by atoms with E-state index in [0.717, 1.165) is 81.4 Å². The number of carbonyl (C=O) groups excluding carboxylic acids is 1. The molecule has 8 nitrogen and oxygen atoms in total. The van der Waals surface area contributed by atoms with E-state index in [0.29, 0.717) is 36.5 Å². The number of phenols is 1. The summed E-state index contributed by atoms with van der Waals surface area (Å²) in [6, 6.07) is 11.9. The minimum absolute atomic E-state index is 0.0586. The minimum Gasteiger partial charge on any atom is -0.508 e. The van der Waals surface area contributed by atoms with Crippen LogP contribution in [-0.2, 0) is 6.42 Å². The molecule has 1 aromatic carbocycles. The van der Waals surface area contributed by atoms with E-state index in [2.05, 4.69) is 75.9 Å². The van der Waals surface area contributed by atoms with Crippen molar-refractivity contribution in [2.75, 3.05) is 32.5 Å². The topological polar surface area (TPSA) is 132 Å². The number of ketones is 1. The molecule has 7 rings (SSSR count). The Labute approximate surface area is 328 Å². The van der Waals surface area contributed by atoms with Crippen LogP contribution >= 0.6 is 22.7 Å². The number of anilines is 1. The molecule has 2 spiro atoms. The Morgan fingerprint density at radius 1 is 1.11 bits per heavy atom. The molecule has 2 aromatic heterocycles. The number of hydrogen-bond acceptors (Lipinski definition) is 8. The molecule has 7 N–H and O–H groups in total. The van der Waals surface area contributed by atoms with Crippen molar-refractivity contribution in [3.05, 3.63) is 57.3 Å². The predicted molar refractivity (Wildman–Crippen MR) is 222 cm³/mol. The molecule has 0 radical (unpaired) electrons. The van der Waals surface area contributed by atoms with Crippen molar-refractivity contribution >= 4 is 40.1 Å². The number of aromatic hydroxyl groups is 1. The van der Waals surface area contributed by atoms with Gasteiger partial charge in [0.15, 0.2) is 11.7 Å². The molecule has 286 valence electrons. The quantitative estimate of drug-likeness (QED) is 0.0586. The minimum atomic E-state index is -0.556. The molecule has 4 aliphatic carbocycles. The Kier molecular flexibility index (Phi) is 11.5. The lowest BCUT2D eigenvalue weighted by atomic mass is 9.58. The van der Waals surface area contributed by atoms with Gasteiger partial charge in [0.25, 0.3) is 0 Å². The number of aliphatic imine (C=N–C) groups is 1. The van der Waals surface area contributed by atoms with Gasteiger partial charge in [-0.05, 0) is 150 Å². The number of nitrogens with zero attached hydrogens (tertiary/aromatic N) is 1. The second-order valence-electron chi connectivity index (χ2n) is 16.5. The first-order chi connectivity index (χ1) is 26.0. The van der Waals surface area contributed by atoms with E-state index in [-0.39, 0.29) is 34.5 Å². The summed E-state index contributed by atoms with van der Waals surface area (Å²) in [6.07, 6.45) is 9.07. The second-order valence-corrected chi connectivity index (χ2v) is 18.6. The molecule has 4 aliphatic rings. The number of carbonyl (C=O) groups is 1. The smallest absolute Gasteiger partial charge is 0.188 e. The molecule has 3 aromatic rings. The lowest BCUT2D eigenvalue weighted by molar-refractivity contribution is 0.0336. The van der Waals surface area contributed by atoms with Gasteiger partial charge < -0.3 is 31.9 Å². The summed E-state index contributed by atoms with van der Waals surface area (Å²) in [6.45, 7) is 4.97. The second kappa shape index (κ2) is 16.1. The van der Waals surface area contributed by atoms with E-state index in [1.165, 1.54) is 19.3 Å². The zero-order valence-electron chi connectivity index (χ0n) is 32.1. The van der Waals surface area contributed by atoms with Gasteiger partial charge in [-0.2, -0.15) is 0 Å². The predicted octanol–water partition coefficient (Wildman–Crippen LogP) is 7.25. The number of aliphatic hydroxyl groups is 1. The van der Waals surface area contributed by atoms with Gasteiger partial charge in [-0.15, -0.1) is 28.6 Å². The van der Waals surface area contributed by atoms with Crippen LogP contribution in [-0.4, -0.2) is 61.3 Å². The van der Waals surface area contributed by atoms with Gasteiger partial charge in [0.2, 0.25) is 0 Å². The van der Waals surface area contributed by atoms with Crippen LogP contribution in [0.25, 0.3) is 9.75 Å². The molecule has 54 heavy (non-hydrogen) atoms. The number of nitrogens with two attached hydrogens (primary N) is 1. The highest BCUT2D eigenvalue weighted by Gasteiger charge is 2.61. The van der Waals surface area contributed by atoms with E-state index in [4.69, 9.17) is 5.73 Å². The number of guanidine groups is 1. The third kappa shape index (κ3) is 7.82. The summed E-state index contributed by atoms with van der Waals surface area (Å²) in [5, 5.41) is 31.5. The van der Waals surface area contributed by atoms with Crippen LogP contribution in [0.2, 0.25) is 0 Å². The number of thiophene rings is 2. The van der Waals surface area contributed by atoms with Gasteiger partial charge >= 0.3 is 0 Å². The highest BCUT2D eigenvalue weighted by Crippen LogP contribution is 2.68. The lowest BCUT2D eigenvalue weighted by Gasteiger charge is -2.47. The number of benzene rings is 1. The standard InChI is InChI=1S/C44H55N5O3S2/c1-5-7-33-11-13-38(53-33)39-14-15-40(54-39)41(52)35-12-10-29-22-44(35)23-31(43(26-44)17-16-28(21-43)25-46-3)8-6-9-34-30(19-36(29)49-42(45)47-4)18-32(51)20-37(34)48-24-27(2)50/h11,13-15,18,20,27-29,31,35-36,46,48,50-51H,8,10,12,16-17,19,21-26H2,1-4H3,(H3,45,47,49)/t27-,28+,29+,31+,35+,36-,43-,44+/m0/s1. The molecule has 0 saturated heterocycles. The first kappa shape index (κ1) is 38.5. The fraction of sp³-hybridized carbons (Fsp3) is 0.545. The van der Waals surface area contributed by atoms with E-state index < -0.39 is 6.10 Å². The van der Waals surface area contributed by atoms with Crippen LogP contribution in [0.4, 0.5) is 5.69 Å². The van der Waals surface area contributed by atoms with Crippen molar-refractivity contribution in [1.29, 1.82) is 0 Å². The summed E-state index contributed by atoms with van der Waals surface area (Å²) in [5.41, 5.74) is 8.96. The molecule has 3 fully saturated rings. The molecule has 0 aliphatic heterocycles. The summed E-state index contributed by atoms with van der Waals surface area (Å²) in [4.78, 5) is 23.5. The third-order valence-electron chi connectivity index (χ3n) is 12.9. The van der Waals surface area contributed by atoms with Gasteiger partial charge in [-0.25, -0.2) is 0 Å². The van der Waals surface area contributed by atoms with Crippen molar-refractivity contribution in [2.45, 2.75) is 90.2 Å². The zero-order valence-corrected chi connectivity index (χ0v) is 33.7. The number of phenolic OH excluding ortho intramolecular Hbond substituents is 1. The Hall–Kier alpha value is -3.80. The molecule has 10 heteroatoms. The number of hydrogen-bond donors (Lipinski definition) is 6. The van der Waals surface area contributed by atoms with Crippen LogP contribution < -0.4 is 21.7 Å². The molecule has 0 amide bonds. The van der Waals surface area contributed by atoms with Gasteiger partial charge in [0.1, 0.15) is 5.75 Å². The van der Waals surface area contributed by atoms with E-state index >= 15 is 0 Å². The third-order valence-corrected chi connectivity index (χ3v) is 15.2. The van der Waals surface area contributed by atoms with E-state index in [1.54, 1.807) is 42.7 Å². The highest BCUT2D eigenvalue weighted by molar-refractivity contribution is 7.23. The number of fused-ring (bicyclic) bond motifs is 4. The summed E-state index contributed by atoms with van der Waals surface area (Å²) in [7, 11) is 3.76. The van der Waals surface area contributed by atoms with Crippen LogP contribution in [0, 0.1) is 58.2 Å². The fourth-order valence-electron chi connectivity index (χ4n) is 10.7. The Morgan fingerprint density at radius 3 is 2.70 bits per heavy atom. The molecule has 3 saturated carbocycles. The van der Waals surface area contributed by atoms with Crippen molar-refractivity contribution in [1.82, 2.24) is 10.6 Å². The SMILES string of the molecule is CC#Cc1ccc(-c2ccc(C(=O)[C@H]3CC[C@@H]4C[C@]35C[C@@H](CC#Cc3c(cc(O)cc3NC[C@H](C)O)C[C@@H]4NC(N)=NC)[C@]3(CC[C@@H](CNC)C3)C5)s2)s1. The van der Waals surface area contributed by atoms with Crippen LogP contribution in [0.3, 0.4) is 0 Å². The fourth-order valence-corrected chi connectivity index (χ4v) is 12.7. The van der Waals surface area contributed by atoms with Gasteiger partial charge in [0.05, 0.1) is 27.1 Å². The lowest BCUT2D eigenvalue weighted by Crippen LogP contribution is -2.50. The normalized spacial score (nSPS) is 29.5. The Balaban J connectivity index is 1.30. The maximum absolute atomic E-state index is 15.0. The van der Waals surface area contributed by atoms with Crippen LogP contribution in [0.5, 0.6) is 5.75 Å². The number of aliphatic hydroxyl groups excluding tert-OH is 1. The monoisotopic (exact) mass is 765 g/mol. The van der Waals surface area contributed by atoms with Crippen molar-refractivity contribution in [3.8, 4) is 39.2 Å². The highest BCUT2D eigenvalue weighted by atomic mass is 32.1. The first-order valence-electron chi connectivity index (χ1n) is 19.6. The van der Waals surface area contributed by atoms with Crippen LogP contribution in [0.1, 0.15) is 97.3 Å². The number of nitrogens with one attached hydrogen (secondary N) is 3. The molecular formula is C44H55N5O3S2. The summed E-state index contributed by atoms with van der Waals surface area (Å²) in [5.74, 6) is 15.4. The molecule has 2 heterocycles. The number of rotatable bonds is 9. The number of Topliss-reactive ketones (excluding diaryl/α,β-unsaturated/α-hetero) is 1. The van der Waals surface area contributed by atoms with Crippen molar-refractivity contribution in [2.24, 2.45) is 45.2 Å². The van der Waals surface area contributed by atoms with Gasteiger partial charge in [-0.3, -0.25) is 9.79 Å². The van der Waals surface area contributed by atoms with Crippen molar-refractivity contribution in [3.63, 3.8) is 0 Å². The largest absolute Gasteiger partial charge is 0.508 e. The van der Waals surface area contributed by atoms with Crippen LogP contribution in [0.15, 0.2) is 41.4 Å². The summed E-state index contributed by atoms with van der Waals surface area (Å²) < 4.78 is 0. The van der Waals surface area contributed by atoms with Gasteiger partial charge in [-0.1, -0.05) is 17.8 Å². The van der Waals surface area contributed by atoms with Crippen molar-refractivity contribution < 1.29 is 15.0 Å². The summed E-state index contributed by atoms with van der Waals surface area (Å²) >= 11 is 3.31.